The summed E-state index contributed by atoms with van der Waals surface area (Å²) < 4.78 is 68.9. The van der Waals surface area contributed by atoms with Gasteiger partial charge in [0.15, 0.2) is 12.2 Å². The minimum atomic E-state index is -4.97. The highest BCUT2D eigenvalue weighted by molar-refractivity contribution is 7.47. The third kappa shape index (κ3) is 81.9. The summed E-state index contributed by atoms with van der Waals surface area (Å²) in [5.41, 5.74) is 0. The molecule has 5 atom stereocenters. The van der Waals surface area contributed by atoms with Gasteiger partial charge in [-0.15, -0.1) is 0 Å². The zero-order chi connectivity index (χ0) is 78.6. The molecule has 0 aromatic carbocycles. The molecule has 0 spiro atoms. The van der Waals surface area contributed by atoms with Gasteiger partial charge in [0.1, 0.15) is 19.3 Å². The molecule has 0 fully saturated rings. The average Bonchev–Trinajstić information content (AvgIpc) is 0.900. The van der Waals surface area contributed by atoms with Crippen LogP contribution in [0.4, 0.5) is 0 Å². The molecule has 17 nitrogen and oxygen atoms in total. The molecule has 0 aliphatic heterocycles. The highest BCUT2D eigenvalue weighted by atomic mass is 31.2. The smallest absolute Gasteiger partial charge is 0.462 e. The number of carbonyl (C=O) groups is 4. The van der Waals surface area contributed by atoms with E-state index < -0.39 is 97.5 Å². The molecule has 0 bridgehead atoms. The Morgan fingerprint density at radius 2 is 0.430 bits per heavy atom. The Morgan fingerprint density at radius 3 is 0.636 bits per heavy atom. The van der Waals surface area contributed by atoms with Crippen molar-refractivity contribution in [2.45, 2.75) is 484 Å². The van der Waals surface area contributed by atoms with Crippen molar-refractivity contribution in [3.63, 3.8) is 0 Å². The van der Waals surface area contributed by atoms with Crippen LogP contribution in [0.5, 0.6) is 0 Å². The molecule has 0 aromatic heterocycles. The summed E-state index contributed by atoms with van der Waals surface area (Å²) in [7, 11) is -9.93. The first-order chi connectivity index (χ1) is 51.7. The number of hydrogen-bond acceptors (Lipinski definition) is 15. The van der Waals surface area contributed by atoms with E-state index in [1.807, 2.05) is 0 Å². The van der Waals surface area contributed by atoms with Gasteiger partial charge in [0, 0.05) is 25.7 Å². The van der Waals surface area contributed by atoms with E-state index >= 15 is 0 Å². The number of esters is 4. The summed E-state index contributed by atoms with van der Waals surface area (Å²) in [6.45, 7) is 12.0. The summed E-state index contributed by atoms with van der Waals surface area (Å²) in [4.78, 5) is 73.3. The van der Waals surface area contributed by atoms with E-state index in [2.05, 4.69) is 48.5 Å². The summed E-state index contributed by atoms with van der Waals surface area (Å²) in [5.74, 6) is 0.198. The molecule has 0 aromatic rings. The average molecular weight is 1560 g/mol. The summed E-state index contributed by atoms with van der Waals surface area (Å²) in [5, 5.41) is 10.7. The van der Waals surface area contributed by atoms with Crippen molar-refractivity contribution in [1.82, 2.24) is 0 Å². The third-order valence-corrected chi connectivity index (χ3v) is 22.5. The van der Waals surface area contributed by atoms with Gasteiger partial charge >= 0.3 is 39.5 Å². The van der Waals surface area contributed by atoms with Crippen molar-refractivity contribution in [3.05, 3.63) is 0 Å². The van der Waals surface area contributed by atoms with Gasteiger partial charge in [-0.3, -0.25) is 37.3 Å². The van der Waals surface area contributed by atoms with Crippen LogP contribution < -0.4 is 0 Å². The first-order valence-corrected chi connectivity index (χ1v) is 48.3. The van der Waals surface area contributed by atoms with Crippen molar-refractivity contribution in [2.24, 2.45) is 17.8 Å². The predicted octanol–water partition coefficient (Wildman–Crippen LogP) is 26.9. The quantitative estimate of drug-likeness (QED) is 0.0222. The summed E-state index contributed by atoms with van der Waals surface area (Å²) in [6, 6.07) is 0. The molecule has 636 valence electrons. The van der Waals surface area contributed by atoms with E-state index in [4.69, 9.17) is 37.0 Å². The molecule has 2 unspecified atom stereocenters. The number of phosphoric acid groups is 2. The lowest BCUT2D eigenvalue weighted by Crippen LogP contribution is -2.30. The normalized spacial score (nSPS) is 13.8. The van der Waals surface area contributed by atoms with Gasteiger partial charge in [-0.25, -0.2) is 9.13 Å². The van der Waals surface area contributed by atoms with Gasteiger partial charge in [0.25, 0.3) is 0 Å². The molecule has 107 heavy (non-hydrogen) atoms. The van der Waals surface area contributed by atoms with Crippen molar-refractivity contribution in [2.75, 3.05) is 39.6 Å². The van der Waals surface area contributed by atoms with Crippen molar-refractivity contribution >= 4 is 39.5 Å². The lowest BCUT2D eigenvalue weighted by molar-refractivity contribution is -0.161. The molecule has 0 saturated carbocycles. The number of unbranched alkanes of at least 4 members (excludes halogenated alkanes) is 54. The predicted molar refractivity (Wildman–Crippen MR) is 441 cm³/mol. The summed E-state index contributed by atoms with van der Waals surface area (Å²) in [6.07, 6.45) is 69.7. The second-order valence-corrected chi connectivity index (χ2v) is 36.0. The van der Waals surface area contributed by atoms with Crippen LogP contribution in [0, 0.1) is 17.8 Å². The maximum absolute atomic E-state index is 13.2. The molecule has 0 heterocycles. The highest BCUT2D eigenvalue weighted by Gasteiger charge is 2.31. The van der Waals surface area contributed by atoms with E-state index in [0.29, 0.717) is 25.7 Å². The molecule has 19 heteroatoms. The molecule has 0 aliphatic carbocycles. The van der Waals surface area contributed by atoms with Crippen LogP contribution >= 0.6 is 15.6 Å². The first-order valence-electron chi connectivity index (χ1n) is 45.3. The van der Waals surface area contributed by atoms with Gasteiger partial charge in [-0.05, 0) is 43.4 Å². The molecule has 0 aliphatic rings. The Labute approximate surface area is 658 Å². The highest BCUT2D eigenvalue weighted by Crippen LogP contribution is 2.45. The van der Waals surface area contributed by atoms with E-state index in [0.717, 1.165) is 108 Å². The minimum absolute atomic E-state index is 0.105. The van der Waals surface area contributed by atoms with Crippen LogP contribution in [-0.4, -0.2) is 96.7 Å². The molecule has 0 radical (unpaired) electrons. The minimum Gasteiger partial charge on any atom is -0.462 e. The maximum Gasteiger partial charge on any atom is 0.472 e. The standard InChI is InChI=1S/C88H172O17P2/c1-8-9-10-11-12-13-14-15-16-17-18-19-20-21-26-29-32-35-42-50-57-64-71-87(92)104-83(75-98-85(90)69-62-55-48-41-34-31-28-25-23-22-24-27-30-33-38-45-52-59-66-79(2)3)77-102-106(94,95)100-73-82(89)74-101-107(96,97)103-78-84(105-88(93)72-65-58-51-44-37-40-47-54-61-68-81(6)7)76-99-86(91)70-63-56-49-43-36-39-46-53-60-67-80(4)5/h79-84,89H,8-78H2,1-7H3,(H,94,95)(H,96,97)/t82-,83-,84-/m1/s1. The number of phosphoric ester groups is 2. The van der Waals surface area contributed by atoms with Gasteiger partial charge in [-0.1, -0.05) is 414 Å². The Hall–Kier alpha value is -1.94. The van der Waals surface area contributed by atoms with Crippen molar-refractivity contribution in [3.8, 4) is 0 Å². The van der Waals surface area contributed by atoms with Gasteiger partial charge in [0.05, 0.1) is 26.4 Å². The van der Waals surface area contributed by atoms with E-state index in [9.17, 15) is 43.2 Å². The Bertz CT molecular complexity index is 2060. The topological polar surface area (TPSA) is 237 Å². The second-order valence-electron chi connectivity index (χ2n) is 33.1. The van der Waals surface area contributed by atoms with E-state index in [-0.39, 0.29) is 25.7 Å². The first kappa shape index (κ1) is 105. The van der Waals surface area contributed by atoms with Crippen LogP contribution in [0.3, 0.4) is 0 Å². The zero-order valence-corrected chi connectivity index (χ0v) is 72.4. The Balaban J connectivity index is 5.21. The Kier molecular flexibility index (Phi) is 76.6. The van der Waals surface area contributed by atoms with Crippen LogP contribution in [-0.2, 0) is 65.4 Å². The van der Waals surface area contributed by atoms with Crippen molar-refractivity contribution in [1.29, 1.82) is 0 Å². The monoisotopic (exact) mass is 1560 g/mol. The fourth-order valence-corrected chi connectivity index (χ4v) is 15.3. The van der Waals surface area contributed by atoms with Crippen LogP contribution in [0.1, 0.15) is 466 Å². The van der Waals surface area contributed by atoms with E-state index in [1.165, 1.54) is 276 Å². The number of ether oxygens (including phenoxy) is 4. The van der Waals surface area contributed by atoms with E-state index in [1.54, 1.807) is 0 Å². The lowest BCUT2D eigenvalue weighted by Gasteiger charge is -2.21. The summed E-state index contributed by atoms with van der Waals surface area (Å²) >= 11 is 0. The SMILES string of the molecule is CCCCCCCCCCCCCCCCCCCCCCCCC(=O)O[C@H](COC(=O)CCCCCCCCCCCCCCCCCCCCC(C)C)COP(=O)(O)OC[C@@H](O)COP(=O)(O)OC[C@@H](COC(=O)CCCCCCCCCCCC(C)C)OC(=O)CCCCCCCCCCCC(C)C. The zero-order valence-electron chi connectivity index (χ0n) is 70.6. The largest absolute Gasteiger partial charge is 0.472 e. The van der Waals surface area contributed by atoms with Gasteiger partial charge in [-0.2, -0.15) is 0 Å². The van der Waals surface area contributed by atoms with Crippen molar-refractivity contribution < 1.29 is 80.2 Å². The van der Waals surface area contributed by atoms with Gasteiger partial charge in [0.2, 0.25) is 0 Å². The molecule has 0 rings (SSSR count). The number of aliphatic hydroxyl groups is 1. The fourth-order valence-electron chi connectivity index (χ4n) is 13.7. The number of carbonyl (C=O) groups excluding carboxylic acids is 4. The fraction of sp³-hybridized carbons (Fsp3) is 0.955. The molecule has 0 amide bonds. The molecule has 0 saturated heterocycles. The number of aliphatic hydroxyl groups excluding tert-OH is 1. The molecular weight excluding hydrogens is 1390 g/mol. The Morgan fingerprint density at radius 1 is 0.252 bits per heavy atom. The number of hydrogen-bond donors (Lipinski definition) is 3. The van der Waals surface area contributed by atoms with Crippen LogP contribution in [0.15, 0.2) is 0 Å². The van der Waals surface area contributed by atoms with Crippen LogP contribution in [0.2, 0.25) is 0 Å². The second kappa shape index (κ2) is 78.0. The molecular formula is C88H172O17P2. The van der Waals surface area contributed by atoms with Crippen LogP contribution in [0.25, 0.3) is 0 Å². The third-order valence-electron chi connectivity index (χ3n) is 20.6. The number of rotatable bonds is 86. The molecule has 3 N–H and O–H groups in total. The maximum atomic E-state index is 13.2. The lowest BCUT2D eigenvalue weighted by atomic mass is 10.0. The van der Waals surface area contributed by atoms with Gasteiger partial charge < -0.3 is 33.8 Å².